The van der Waals surface area contributed by atoms with Gasteiger partial charge in [-0.1, -0.05) is 0 Å². The molecule has 0 radical (unpaired) electrons. The average molecular weight is 356 g/mol. The summed E-state index contributed by atoms with van der Waals surface area (Å²) in [6, 6.07) is 5.87. The number of piperazine rings is 1. The number of hydrogen-bond acceptors (Lipinski definition) is 8. The third-order valence-corrected chi connectivity index (χ3v) is 4.84. The molecule has 0 unspecified atom stereocenters. The minimum atomic E-state index is 0.364. The van der Waals surface area contributed by atoms with Gasteiger partial charge in [0.15, 0.2) is 5.16 Å². The molecule has 0 amide bonds. The molecular weight excluding hydrogens is 336 g/mol. The molecule has 0 spiro atoms. The molecule has 1 aliphatic heterocycles. The standard InChI is InChI=1S/C17H20N6OS/c1-22-7-9-23(10-8-22)14-12-20-17(21-16(14)24-2)25-15-11-13(3-5-18)4-6-19-15/h4,6,11-12H,3,7-10H2,1-2H3. The molecule has 3 rings (SSSR count). The zero-order chi connectivity index (χ0) is 17.6. The smallest absolute Gasteiger partial charge is 0.241 e. The number of likely N-dealkylation sites (N-methyl/N-ethyl adjacent to an activating group) is 1. The molecule has 0 aromatic carbocycles. The first-order valence-electron chi connectivity index (χ1n) is 8.04. The first-order chi connectivity index (χ1) is 12.2. The van der Waals surface area contributed by atoms with Gasteiger partial charge in [-0.25, -0.2) is 9.97 Å². The Morgan fingerprint density at radius 2 is 2.08 bits per heavy atom. The van der Waals surface area contributed by atoms with Crippen LogP contribution in [0.3, 0.4) is 0 Å². The van der Waals surface area contributed by atoms with Crippen molar-refractivity contribution >= 4 is 17.4 Å². The highest BCUT2D eigenvalue weighted by atomic mass is 32.2. The monoisotopic (exact) mass is 356 g/mol. The van der Waals surface area contributed by atoms with Crippen molar-refractivity contribution in [3.8, 4) is 11.9 Å². The van der Waals surface area contributed by atoms with Crippen LogP contribution < -0.4 is 9.64 Å². The maximum Gasteiger partial charge on any atom is 0.241 e. The highest BCUT2D eigenvalue weighted by molar-refractivity contribution is 7.99. The molecule has 1 aliphatic rings. The molecule has 7 nitrogen and oxygen atoms in total. The Bertz CT molecular complexity index is 770. The van der Waals surface area contributed by atoms with E-state index in [0.29, 0.717) is 17.5 Å². The molecule has 0 atom stereocenters. The van der Waals surface area contributed by atoms with Gasteiger partial charge in [0.1, 0.15) is 10.7 Å². The number of rotatable bonds is 5. The Morgan fingerprint density at radius 1 is 1.28 bits per heavy atom. The van der Waals surface area contributed by atoms with Gasteiger partial charge in [-0.05, 0) is 36.5 Å². The van der Waals surface area contributed by atoms with Crippen LogP contribution in [-0.4, -0.2) is 60.2 Å². The van der Waals surface area contributed by atoms with Gasteiger partial charge in [-0.15, -0.1) is 0 Å². The van der Waals surface area contributed by atoms with Gasteiger partial charge >= 0.3 is 0 Å². The van der Waals surface area contributed by atoms with E-state index < -0.39 is 0 Å². The van der Waals surface area contributed by atoms with Crippen LogP contribution in [0.5, 0.6) is 5.88 Å². The minimum Gasteiger partial charge on any atom is -0.479 e. The van der Waals surface area contributed by atoms with E-state index in [2.05, 4.69) is 37.9 Å². The predicted octanol–water partition coefficient (Wildman–Crippen LogP) is 1.85. The van der Waals surface area contributed by atoms with E-state index >= 15 is 0 Å². The first-order valence-corrected chi connectivity index (χ1v) is 8.85. The second-order valence-electron chi connectivity index (χ2n) is 5.78. The Balaban J connectivity index is 1.77. The molecule has 130 valence electrons. The van der Waals surface area contributed by atoms with E-state index in [1.54, 1.807) is 13.3 Å². The lowest BCUT2D eigenvalue weighted by Crippen LogP contribution is -2.44. The van der Waals surface area contributed by atoms with Crippen LogP contribution in [0.2, 0.25) is 0 Å². The lowest BCUT2D eigenvalue weighted by atomic mass is 10.2. The Hall–Kier alpha value is -2.37. The summed E-state index contributed by atoms with van der Waals surface area (Å²) in [4.78, 5) is 17.8. The van der Waals surface area contributed by atoms with E-state index in [1.807, 2.05) is 18.3 Å². The van der Waals surface area contributed by atoms with Crippen LogP contribution in [0.1, 0.15) is 5.56 Å². The lowest BCUT2D eigenvalue weighted by Gasteiger charge is -2.34. The molecule has 0 aliphatic carbocycles. The maximum absolute atomic E-state index is 8.81. The molecule has 2 aromatic heterocycles. The number of methoxy groups -OCH3 is 1. The summed E-state index contributed by atoms with van der Waals surface area (Å²) < 4.78 is 5.48. The van der Waals surface area contributed by atoms with Gasteiger partial charge in [0.2, 0.25) is 5.88 Å². The van der Waals surface area contributed by atoms with Crippen molar-refractivity contribution in [1.82, 2.24) is 19.9 Å². The second-order valence-corrected chi connectivity index (χ2v) is 6.76. The molecule has 1 saturated heterocycles. The summed E-state index contributed by atoms with van der Waals surface area (Å²) >= 11 is 1.36. The highest BCUT2D eigenvalue weighted by Crippen LogP contribution is 2.30. The summed E-state index contributed by atoms with van der Waals surface area (Å²) in [5.74, 6) is 0.579. The summed E-state index contributed by atoms with van der Waals surface area (Å²) in [5, 5.41) is 10.2. The lowest BCUT2D eigenvalue weighted by molar-refractivity contribution is 0.310. The number of ether oxygens (including phenoxy) is 1. The van der Waals surface area contributed by atoms with E-state index in [1.165, 1.54) is 11.8 Å². The zero-order valence-corrected chi connectivity index (χ0v) is 15.2. The topological polar surface area (TPSA) is 78.2 Å². The number of pyridine rings is 1. The van der Waals surface area contributed by atoms with Gasteiger partial charge in [0.25, 0.3) is 0 Å². The number of nitrogens with zero attached hydrogens (tertiary/aromatic N) is 6. The quantitative estimate of drug-likeness (QED) is 0.751. The normalized spacial score (nSPS) is 15.0. The van der Waals surface area contributed by atoms with Crippen LogP contribution in [0.15, 0.2) is 34.7 Å². The molecule has 0 bridgehead atoms. The van der Waals surface area contributed by atoms with E-state index in [0.717, 1.165) is 42.5 Å². The predicted molar refractivity (Wildman–Crippen MR) is 96.0 cm³/mol. The summed E-state index contributed by atoms with van der Waals surface area (Å²) in [5.41, 5.74) is 1.85. The third kappa shape index (κ3) is 4.38. The third-order valence-electron chi connectivity index (χ3n) is 4.03. The first kappa shape index (κ1) is 17.5. The van der Waals surface area contributed by atoms with Gasteiger partial charge in [0, 0.05) is 32.4 Å². The molecule has 0 saturated carbocycles. The summed E-state index contributed by atoms with van der Waals surface area (Å²) in [6.45, 7) is 3.88. The van der Waals surface area contributed by atoms with Gasteiger partial charge in [-0.3, -0.25) is 0 Å². The summed E-state index contributed by atoms with van der Waals surface area (Å²) in [7, 11) is 3.75. The molecule has 1 fully saturated rings. The van der Waals surface area contributed by atoms with Crippen molar-refractivity contribution in [2.75, 3.05) is 45.2 Å². The highest BCUT2D eigenvalue weighted by Gasteiger charge is 2.19. The molecule has 0 N–H and O–H groups in total. The number of nitriles is 1. The fourth-order valence-electron chi connectivity index (χ4n) is 2.61. The van der Waals surface area contributed by atoms with Crippen molar-refractivity contribution < 1.29 is 4.74 Å². The summed E-state index contributed by atoms with van der Waals surface area (Å²) in [6.07, 6.45) is 3.88. The molecule has 3 heterocycles. The van der Waals surface area contributed by atoms with Gasteiger partial charge in [0.05, 0.1) is 25.8 Å². The number of aromatic nitrogens is 3. The fourth-order valence-corrected chi connectivity index (χ4v) is 3.35. The molecular formula is C17H20N6OS. The van der Waals surface area contributed by atoms with E-state index in [9.17, 15) is 0 Å². The van der Waals surface area contributed by atoms with Crippen LogP contribution in [0.25, 0.3) is 0 Å². The maximum atomic E-state index is 8.81. The SMILES string of the molecule is COc1nc(Sc2cc(CC#N)ccn2)ncc1N1CCN(C)CC1. The fraction of sp³-hybridized carbons (Fsp3) is 0.412. The molecule has 25 heavy (non-hydrogen) atoms. The van der Waals surface area contributed by atoms with E-state index in [-0.39, 0.29) is 0 Å². The van der Waals surface area contributed by atoms with Crippen LogP contribution in [-0.2, 0) is 6.42 Å². The van der Waals surface area contributed by atoms with Crippen molar-refractivity contribution in [2.24, 2.45) is 0 Å². The Labute approximate surface area is 151 Å². The Kier molecular flexibility index (Phi) is 5.68. The second kappa shape index (κ2) is 8.14. The van der Waals surface area contributed by atoms with E-state index in [4.69, 9.17) is 10.00 Å². The average Bonchev–Trinajstić information content (AvgIpc) is 2.63. The van der Waals surface area contributed by atoms with Crippen LogP contribution in [0.4, 0.5) is 5.69 Å². The van der Waals surface area contributed by atoms with Crippen molar-refractivity contribution in [2.45, 2.75) is 16.6 Å². The van der Waals surface area contributed by atoms with Gasteiger partial charge < -0.3 is 14.5 Å². The van der Waals surface area contributed by atoms with Crippen molar-refractivity contribution in [3.63, 3.8) is 0 Å². The zero-order valence-electron chi connectivity index (χ0n) is 14.3. The molecule has 2 aromatic rings. The minimum absolute atomic E-state index is 0.364. The molecule has 8 heteroatoms. The van der Waals surface area contributed by atoms with Gasteiger partial charge in [-0.2, -0.15) is 10.2 Å². The number of hydrogen-bond donors (Lipinski definition) is 0. The largest absolute Gasteiger partial charge is 0.479 e. The van der Waals surface area contributed by atoms with Crippen molar-refractivity contribution in [3.05, 3.63) is 30.1 Å². The van der Waals surface area contributed by atoms with Crippen molar-refractivity contribution in [1.29, 1.82) is 5.26 Å². The number of anilines is 1. The van der Waals surface area contributed by atoms with Crippen LogP contribution in [0, 0.1) is 11.3 Å². The Morgan fingerprint density at radius 3 is 2.80 bits per heavy atom. The van der Waals surface area contributed by atoms with Crippen LogP contribution >= 0.6 is 11.8 Å².